The Labute approximate surface area is 89.6 Å². The van der Waals surface area contributed by atoms with Crippen molar-refractivity contribution in [3.05, 3.63) is 24.0 Å². The lowest BCUT2D eigenvalue weighted by molar-refractivity contribution is 0.595. The van der Waals surface area contributed by atoms with E-state index in [0.717, 1.165) is 12.8 Å². The van der Waals surface area contributed by atoms with E-state index in [1.165, 1.54) is 12.3 Å². The van der Waals surface area contributed by atoms with Gasteiger partial charge in [-0.25, -0.2) is 13.6 Å². The van der Waals surface area contributed by atoms with Crippen LogP contribution >= 0.6 is 0 Å². The summed E-state index contributed by atoms with van der Waals surface area (Å²) in [6.07, 6.45) is 4.50. The summed E-state index contributed by atoms with van der Waals surface area (Å²) in [7, 11) is -3.69. The van der Waals surface area contributed by atoms with Gasteiger partial charge in [-0.05, 0) is 18.1 Å². The zero-order valence-electron chi connectivity index (χ0n) is 8.55. The first-order valence-electron chi connectivity index (χ1n) is 4.68. The molecule has 15 heavy (non-hydrogen) atoms. The molecule has 1 aromatic rings. The van der Waals surface area contributed by atoms with E-state index in [1.807, 2.05) is 6.92 Å². The van der Waals surface area contributed by atoms with Gasteiger partial charge in [0.15, 0.2) is 0 Å². The van der Waals surface area contributed by atoms with Crippen molar-refractivity contribution in [2.75, 3.05) is 0 Å². The Hall–Kier alpha value is -0.980. The highest BCUT2D eigenvalue weighted by molar-refractivity contribution is 7.89. The average molecular weight is 229 g/mol. The Balaban J connectivity index is 3.03. The Morgan fingerprint density at radius 2 is 2.13 bits per heavy atom. The maximum Gasteiger partial charge on any atom is 0.239 e. The van der Waals surface area contributed by atoms with Crippen molar-refractivity contribution in [3.8, 4) is 0 Å². The van der Waals surface area contributed by atoms with Crippen LogP contribution in [0.3, 0.4) is 0 Å². The lowest BCUT2D eigenvalue weighted by Gasteiger charge is -2.10. The van der Waals surface area contributed by atoms with Gasteiger partial charge in [0.2, 0.25) is 10.0 Å². The van der Waals surface area contributed by atoms with Gasteiger partial charge >= 0.3 is 0 Å². The number of rotatable bonds is 4. The zero-order valence-corrected chi connectivity index (χ0v) is 9.37. The van der Waals surface area contributed by atoms with Gasteiger partial charge in [-0.3, -0.25) is 4.98 Å². The minimum atomic E-state index is -3.69. The molecule has 5 nitrogen and oxygen atoms in total. The smallest absolute Gasteiger partial charge is 0.239 e. The van der Waals surface area contributed by atoms with Gasteiger partial charge in [0.25, 0.3) is 0 Å². The molecule has 0 saturated heterocycles. The summed E-state index contributed by atoms with van der Waals surface area (Å²) in [4.78, 5) is 3.82. The lowest BCUT2D eigenvalue weighted by Crippen LogP contribution is -2.15. The topological polar surface area (TPSA) is 99.1 Å². The summed E-state index contributed by atoms with van der Waals surface area (Å²) in [5.74, 6) is 0. The SMILES string of the molecule is CCC[C@H](N)c1cncc(S(N)(=O)=O)c1. The second-order valence-electron chi connectivity index (χ2n) is 3.39. The molecule has 0 fully saturated rings. The molecular formula is C9H15N3O2S. The molecular weight excluding hydrogens is 214 g/mol. The van der Waals surface area contributed by atoms with E-state index in [1.54, 1.807) is 6.20 Å². The monoisotopic (exact) mass is 229 g/mol. The minimum Gasteiger partial charge on any atom is -0.324 e. The van der Waals surface area contributed by atoms with Gasteiger partial charge in [0, 0.05) is 18.4 Å². The Morgan fingerprint density at radius 3 is 2.67 bits per heavy atom. The van der Waals surface area contributed by atoms with Crippen LogP contribution in [0.5, 0.6) is 0 Å². The van der Waals surface area contributed by atoms with Crippen LogP contribution in [0.15, 0.2) is 23.4 Å². The maximum atomic E-state index is 11.1. The highest BCUT2D eigenvalue weighted by atomic mass is 32.2. The highest BCUT2D eigenvalue weighted by Crippen LogP contribution is 2.17. The molecule has 0 spiro atoms. The van der Waals surface area contributed by atoms with Crippen LogP contribution in [0.2, 0.25) is 0 Å². The Bertz CT molecular complexity index is 431. The van der Waals surface area contributed by atoms with Gasteiger partial charge in [-0.1, -0.05) is 13.3 Å². The fourth-order valence-electron chi connectivity index (χ4n) is 1.27. The Morgan fingerprint density at radius 1 is 1.47 bits per heavy atom. The van der Waals surface area contributed by atoms with E-state index in [2.05, 4.69) is 4.98 Å². The van der Waals surface area contributed by atoms with Crippen LogP contribution in [-0.2, 0) is 10.0 Å². The van der Waals surface area contributed by atoms with Crippen LogP contribution in [0.25, 0.3) is 0 Å². The fourth-order valence-corrected chi connectivity index (χ4v) is 1.78. The second kappa shape index (κ2) is 4.69. The van der Waals surface area contributed by atoms with Crippen molar-refractivity contribution in [2.45, 2.75) is 30.7 Å². The number of nitrogens with two attached hydrogens (primary N) is 2. The number of nitrogens with zero attached hydrogens (tertiary/aromatic N) is 1. The molecule has 0 aliphatic carbocycles. The molecule has 0 amide bonds. The van der Waals surface area contributed by atoms with Crippen molar-refractivity contribution in [3.63, 3.8) is 0 Å². The van der Waals surface area contributed by atoms with Crippen LogP contribution in [0, 0.1) is 0 Å². The van der Waals surface area contributed by atoms with Gasteiger partial charge in [-0.2, -0.15) is 0 Å². The van der Waals surface area contributed by atoms with Gasteiger partial charge in [0.1, 0.15) is 4.90 Å². The first kappa shape index (κ1) is 12.1. The molecule has 1 atom stereocenters. The van der Waals surface area contributed by atoms with Crippen LogP contribution in [-0.4, -0.2) is 13.4 Å². The largest absolute Gasteiger partial charge is 0.324 e. The van der Waals surface area contributed by atoms with Crippen molar-refractivity contribution in [2.24, 2.45) is 10.9 Å². The number of hydrogen-bond donors (Lipinski definition) is 2. The number of primary sulfonamides is 1. The summed E-state index contributed by atoms with van der Waals surface area (Å²) in [6, 6.07) is 1.28. The summed E-state index contributed by atoms with van der Waals surface area (Å²) in [5, 5.41) is 4.99. The van der Waals surface area contributed by atoms with Crippen LogP contribution < -0.4 is 10.9 Å². The van der Waals surface area contributed by atoms with E-state index in [-0.39, 0.29) is 10.9 Å². The molecule has 0 saturated carbocycles. The van der Waals surface area contributed by atoms with Gasteiger partial charge in [-0.15, -0.1) is 0 Å². The molecule has 84 valence electrons. The zero-order chi connectivity index (χ0) is 11.5. The first-order valence-corrected chi connectivity index (χ1v) is 6.23. The number of sulfonamides is 1. The third kappa shape index (κ3) is 3.26. The van der Waals surface area contributed by atoms with Crippen molar-refractivity contribution >= 4 is 10.0 Å². The molecule has 0 radical (unpaired) electrons. The quantitative estimate of drug-likeness (QED) is 0.786. The van der Waals surface area contributed by atoms with Crippen molar-refractivity contribution in [1.82, 2.24) is 4.98 Å². The van der Waals surface area contributed by atoms with E-state index in [0.29, 0.717) is 5.56 Å². The predicted molar refractivity (Wildman–Crippen MR) is 57.4 cm³/mol. The molecule has 0 aliphatic rings. The predicted octanol–water partition coefficient (Wildman–Crippen LogP) is 0.529. The molecule has 1 rings (SSSR count). The molecule has 0 bridgehead atoms. The molecule has 0 aliphatic heterocycles. The number of hydrogen-bond acceptors (Lipinski definition) is 4. The third-order valence-electron chi connectivity index (χ3n) is 2.09. The second-order valence-corrected chi connectivity index (χ2v) is 4.96. The number of pyridine rings is 1. The van der Waals surface area contributed by atoms with Gasteiger partial charge < -0.3 is 5.73 Å². The molecule has 0 unspecified atom stereocenters. The van der Waals surface area contributed by atoms with Crippen molar-refractivity contribution in [1.29, 1.82) is 0 Å². The highest BCUT2D eigenvalue weighted by Gasteiger charge is 2.11. The standard InChI is InChI=1S/C9H15N3O2S/c1-2-3-9(10)7-4-8(6-12-5-7)15(11,13)14/h4-6,9H,2-3,10H2,1H3,(H2,11,13,14)/t9-/m0/s1. The molecule has 0 aromatic carbocycles. The normalized spacial score (nSPS) is 13.8. The number of aromatic nitrogens is 1. The van der Waals surface area contributed by atoms with E-state index >= 15 is 0 Å². The first-order chi connectivity index (χ1) is 6.95. The van der Waals surface area contributed by atoms with E-state index in [4.69, 9.17) is 10.9 Å². The fraction of sp³-hybridized carbons (Fsp3) is 0.444. The molecule has 6 heteroatoms. The summed E-state index contributed by atoms with van der Waals surface area (Å²) >= 11 is 0. The summed E-state index contributed by atoms with van der Waals surface area (Å²) in [5.41, 5.74) is 6.54. The molecule has 4 N–H and O–H groups in total. The Kier molecular flexibility index (Phi) is 3.78. The minimum absolute atomic E-state index is 0.00607. The molecule has 1 aromatic heterocycles. The maximum absolute atomic E-state index is 11.1. The summed E-state index contributed by atoms with van der Waals surface area (Å²) < 4.78 is 22.1. The van der Waals surface area contributed by atoms with Crippen molar-refractivity contribution < 1.29 is 8.42 Å². The average Bonchev–Trinajstić information content (AvgIpc) is 2.17. The molecule has 1 heterocycles. The van der Waals surface area contributed by atoms with E-state index < -0.39 is 10.0 Å². The summed E-state index contributed by atoms with van der Waals surface area (Å²) in [6.45, 7) is 2.01. The van der Waals surface area contributed by atoms with E-state index in [9.17, 15) is 8.42 Å². The van der Waals surface area contributed by atoms with Crippen LogP contribution in [0.1, 0.15) is 31.4 Å². The van der Waals surface area contributed by atoms with Gasteiger partial charge in [0.05, 0.1) is 0 Å². The lowest BCUT2D eigenvalue weighted by atomic mass is 10.1. The third-order valence-corrected chi connectivity index (χ3v) is 2.97. The van der Waals surface area contributed by atoms with Crippen LogP contribution in [0.4, 0.5) is 0 Å².